The lowest BCUT2D eigenvalue weighted by atomic mass is 10.1. The molecule has 4 rings (SSSR count). The van der Waals surface area contributed by atoms with Crippen LogP contribution in [-0.2, 0) is 18.4 Å². The van der Waals surface area contributed by atoms with E-state index in [0.29, 0.717) is 28.1 Å². The van der Waals surface area contributed by atoms with E-state index in [2.05, 4.69) is 15.5 Å². The number of rotatable bonds is 5. The Balaban J connectivity index is 1.60. The fourth-order valence-electron chi connectivity index (χ4n) is 3.81. The minimum Gasteiger partial charge on any atom is -0.348 e. The first-order chi connectivity index (χ1) is 13.8. The largest absolute Gasteiger partial charge is 0.348 e. The zero-order valence-electron chi connectivity index (χ0n) is 17.0. The minimum absolute atomic E-state index is 0.230. The number of fused-ring (bicyclic) bond motifs is 1. The van der Waals surface area contributed by atoms with Crippen molar-refractivity contribution in [1.29, 1.82) is 0 Å². The average Bonchev–Trinajstić information content (AvgIpc) is 3.41. The Morgan fingerprint density at radius 1 is 1.31 bits per heavy atom. The van der Waals surface area contributed by atoms with Crippen molar-refractivity contribution in [3.63, 3.8) is 0 Å². The maximum Gasteiger partial charge on any atom is 0.278 e. The van der Waals surface area contributed by atoms with Crippen LogP contribution in [0.5, 0.6) is 0 Å². The fourth-order valence-corrected chi connectivity index (χ4v) is 3.81. The third-order valence-electron chi connectivity index (χ3n) is 5.39. The highest BCUT2D eigenvalue weighted by Crippen LogP contribution is 2.41. The lowest BCUT2D eigenvalue weighted by Crippen LogP contribution is -2.35. The molecular formula is C21H24FN5O2. The van der Waals surface area contributed by atoms with Crippen LogP contribution in [0.1, 0.15) is 54.2 Å². The molecule has 2 aromatic heterocycles. The van der Waals surface area contributed by atoms with Gasteiger partial charge in [-0.2, -0.15) is 10.2 Å². The molecule has 0 unspecified atom stereocenters. The van der Waals surface area contributed by atoms with Gasteiger partial charge in [-0.25, -0.2) is 9.07 Å². The van der Waals surface area contributed by atoms with Crippen molar-refractivity contribution in [3.8, 4) is 0 Å². The Labute approximate surface area is 167 Å². The summed E-state index contributed by atoms with van der Waals surface area (Å²) in [5.41, 5.74) is 3.05. The van der Waals surface area contributed by atoms with Gasteiger partial charge in [0.25, 0.3) is 5.56 Å². The van der Waals surface area contributed by atoms with Gasteiger partial charge in [0.1, 0.15) is 12.4 Å². The van der Waals surface area contributed by atoms with E-state index in [9.17, 15) is 14.0 Å². The molecule has 2 heterocycles. The molecule has 8 heteroatoms. The summed E-state index contributed by atoms with van der Waals surface area (Å²) in [7, 11) is 1.80. The molecular weight excluding hydrogens is 373 g/mol. The smallest absolute Gasteiger partial charge is 0.278 e. The second-order valence-corrected chi connectivity index (χ2v) is 7.87. The summed E-state index contributed by atoms with van der Waals surface area (Å²) in [6.07, 6.45) is 2.04. The standard InChI is InChI=1S/C21H24FN5O2/c1-11-5-8-15(16(22)9-11)12(2)23-17(28)10-27-21(29)18-19(14-6-7-14)25-26(4)20(18)13(3)24-27/h5,8-9,12,14H,6-7,10H2,1-4H3,(H,23,28)/t12-/m0/s1. The first-order valence-electron chi connectivity index (χ1n) is 9.76. The second kappa shape index (κ2) is 7.09. The number of hydrogen-bond acceptors (Lipinski definition) is 4. The number of nitrogens with zero attached hydrogens (tertiary/aromatic N) is 4. The van der Waals surface area contributed by atoms with Crippen molar-refractivity contribution in [2.24, 2.45) is 7.05 Å². The predicted molar refractivity (Wildman–Crippen MR) is 107 cm³/mol. The molecule has 0 radical (unpaired) electrons. The normalized spacial score (nSPS) is 14.9. The van der Waals surface area contributed by atoms with Gasteiger partial charge in [-0.15, -0.1) is 0 Å². The van der Waals surface area contributed by atoms with E-state index in [1.807, 2.05) is 0 Å². The van der Waals surface area contributed by atoms with Crippen LogP contribution in [0, 0.1) is 19.7 Å². The molecule has 29 heavy (non-hydrogen) atoms. The molecule has 1 atom stereocenters. The minimum atomic E-state index is -0.524. The summed E-state index contributed by atoms with van der Waals surface area (Å²) in [4.78, 5) is 25.6. The van der Waals surface area contributed by atoms with E-state index in [4.69, 9.17) is 0 Å². The van der Waals surface area contributed by atoms with Crippen molar-refractivity contribution in [2.45, 2.75) is 52.1 Å². The molecule has 1 aliphatic carbocycles. The summed E-state index contributed by atoms with van der Waals surface area (Å²) < 4.78 is 17.0. The van der Waals surface area contributed by atoms with E-state index in [-0.39, 0.29) is 17.9 Å². The Morgan fingerprint density at radius 2 is 2.03 bits per heavy atom. The lowest BCUT2D eigenvalue weighted by Gasteiger charge is -2.16. The van der Waals surface area contributed by atoms with Crippen LogP contribution in [0.15, 0.2) is 23.0 Å². The van der Waals surface area contributed by atoms with Crippen LogP contribution in [0.2, 0.25) is 0 Å². The number of aryl methyl sites for hydroxylation is 3. The quantitative estimate of drug-likeness (QED) is 0.718. The van der Waals surface area contributed by atoms with Crippen molar-refractivity contribution in [1.82, 2.24) is 24.9 Å². The van der Waals surface area contributed by atoms with Crippen LogP contribution in [0.4, 0.5) is 4.39 Å². The molecule has 1 saturated carbocycles. The molecule has 152 valence electrons. The predicted octanol–water partition coefficient (Wildman–Crippen LogP) is 2.64. The molecule has 0 spiro atoms. The van der Waals surface area contributed by atoms with E-state index in [1.54, 1.807) is 44.6 Å². The molecule has 0 aliphatic heterocycles. The molecule has 1 amide bonds. The van der Waals surface area contributed by atoms with Crippen molar-refractivity contribution < 1.29 is 9.18 Å². The molecule has 0 saturated heterocycles. The van der Waals surface area contributed by atoms with E-state index in [1.165, 1.54) is 10.7 Å². The van der Waals surface area contributed by atoms with Crippen LogP contribution >= 0.6 is 0 Å². The fraction of sp³-hybridized carbons (Fsp3) is 0.429. The number of aromatic nitrogens is 4. The molecule has 1 fully saturated rings. The highest BCUT2D eigenvalue weighted by atomic mass is 19.1. The van der Waals surface area contributed by atoms with Gasteiger partial charge < -0.3 is 5.32 Å². The summed E-state index contributed by atoms with van der Waals surface area (Å²) in [5.74, 6) is -0.461. The van der Waals surface area contributed by atoms with E-state index < -0.39 is 11.9 Å². The summed E-state index contributed by atoms with van der Waals surface area (Å²) in [6.45, 7) is 5.09. The van der Waals surface area contributed by atoms with Crippen LogP contribution in [-0.4, -0.2) is 25.5 Å². The number of hydrogen-bond donors (Lipinski definition) is 1. The SMILES string of the molecule is Cc1ccc([C@H](C)NC(=O)Cn2nc(C)c3c(c(C4CC4)nn3C)c2=O)c(F)c1. The van der Waals surface area contributed by atoms with Crippen LogP contribution in [0.25, 0.3) is 10.9 Å². The van der Waals surface area contributed by atoms with Gasteiger partial charge in [-0.05, 0) is 45.2 Å². The highest BCUT2D eigenvalue weighted by Gasteiger charge is 2.31. The Morgan fingerprint density at radius 3 is 2.69 bits per heavy atom. The zero-order chi connectivity index (χ0) is 20.9. The van der Waals surface area contributed by atoms with Crippen molar-refractivity contribution in [2.75, 3.05) is 0 Å². The maximum atomic E-state index is 14.2. The summed E-state index contributed by atoms with van der Waals surface area (Å²) >= 11 is 0. The van der Waals surface area contributed by atoms with Gasteiger partial charge >= 0.3 is 0 Å². The number of halogens is 1. The number of nitrogens with one attached hydrogen (secondary N) is 1. The third-order valence-corrected chi connectivity index (χ3v) is 5.39. The average molecular weight is 397 g/mol. The number of benzene rings is 1. The summed E-state index contributed by atoms with van der Waals surface area (Å²) in [5, 5.41) is 12.1. The van der Waals surface area contributed by atoms with Crippen LogP contribution in [0.3, 0.4) is 0 Å². The lowest BCUT2D eigenvalue weighted by molar-refractivity contribution is -0.122. The molecule has 1 aliphatic rings. The summed E-state index contributed by atoms with van der Waals surface area (Å²) in [6, 6.07) is 4.37. The first-order valence-corrected chi connectivity index (χ1v) is 9.76. The molecule has 7 nitrogen and oxygen atoms in total. The monoisotopic (exact) mass is 397 g/mol. The highest BCUT2D eigenvalue weighted by molar-refractivity contribution is 5.84. The van der Waals surface area contributed by atoms with Gasteiger partial charge in [-0.3, -0.25) is 14.3 Å². The van der Waals surface area contributed by atoms with Crippen molar-refractivity contribution in [3.05, 3.63) is 56.9 Å². The molecule has 1 aromatic carbocycles. The Bertz CT molecular complexity index is 1180. The number of carbonyl (C=O) groups excluding carboxylic acids is 1. The molecule has 1 N–H and O–H groups in total. The van der Waals surface area contributed by atoms with Gasteiger partial charge in [-0.1, -0.05) is 12.1 Å². The first kappa shape index (κ1) is 19.3. The Kier molecular flexibility index (Phi) is 4.72. The maximum absolute atomic E-state index is 14.2. The molecule has 3 aromatic rings. The number of amides is 1. The van der Waals surface area contributed by atoms with Gasteiger partial charge in [0.2, 0.25) is 5.91 Å². The second-order valence-electron chi connectivity index (χ2n) is 7.87. The Hall–Kier alpha value is -3.03. The van der Waals surface area contributed by atoms with Gasteiger partial charge in [0.15, 0.2) is 0 Å². The van der Waals surface area contributed by atoms with E-state index >= 15 is 0 Å². The van der Waals surface area contributed by atoms with Gasteiger partial charge in [0, 0.05) is 18.5 Å². The van der Waals surface area contributed by atoms with Crippen molar-refractivity contribution >= 4 is 16.8 Å². The number of carbonyl (C=O) groups is 1. The van der Waals surface area contributed by atoms with Crippen LogP contribution < -0.4 is 10.9 Å². The third kappa shape index (κ3) is 3.54. The van der Waals surface area contributed by atoms with E-state index in [0.717, 1.165) is 24.1 Å². The van der Waals surface area contributed by atoms with Gasteiger partial charge in [0.05, 0.1) is 28.3 Å². The topological polar surface area (TPSA) is 81.8 Å². The zero-order valence-corrected chi connectivity index (χ0v) is 17.0. The molecule has 0 bridgehead atoms.